The molecule has 3 nitrogen and oxygen atoms in total. The van der Waals surface area contributed by atoms with E-state index in [1.54, 1.807) is 0 Å². The van der Waals surface area contributed by atoms with Gasteiger partial charge in [0.1, 0.15) is 0 Å². The smallest absolute Gasteiger partial charge is 0.399 e. The molecule has 0 amide bonds. The summed E-state index contributed by atoms with van der Waals surface area (Å²) in [5.41, 5.74) is 7.10. The van der Waals surface area contributed by atoms with Crippen LogP contribution in [0.1, 0.15) is 33.3 Å². The van der Waals surface area contributed by atoms with Crippen molar-refractivity contribution in [3.05, 3.63) is 28.8 Å². The van der Waals surface area contributed by atoms with Crippen molar-refractivity contribution in [1.29, 1.82) is 0 Å². The van der Waals surface area contributed by atoms with Crippen molar-refractivity contribution in [2.24, 2.45) is 5.73 Å². The van der Waals surface area contributed by atoms with Crippen LogP contribution in [0.4, 0.5) is 0 Å². The van der Waals surface area contributed by atoms with E-state index in [1.165, 1.54) is 0 Å². The van der Waals surface area contributed by atoms with Crippen LogP contribution in [-0.4, -0.2) is 24.9 Å². The van der Waals surface area contributed by atoms with Crippen LogP contribution >= 0.6 is 11.6 Å². The Morgan fingerprint density at radius 3 is 2.26 bits per heavy atom. The maximum Gasteiger partial charge on any atom is 0.495 e. The number of halogens is 1. The fraction of sp³-hybridized carbons (Fsp3) is 0.571. The monoisotopic (exact) mass is 281 g/mol. The summed E-state index contributed by atoms with van der Waals surface area (Å²) < 4.78 is 12.1. The SMILES string of the molecule is CC1(C)OB(c2ccc(Cl)cc2CCN)OC1(C)C. The first-order valence-electron chi connectivity index (χ1n) is 6.61. The molecule has 19 heavy (non-hydrogen) atoms. The van der Waals surface area contributed by atoms with E-state index >= 15 is 0 Å². The summed E-state index contributed by atoms with van der Waals surface area (Å²) in [6, 6.07) is 5.77. The maximum atomic E-state index is 6.07. The highest BCUT2D eigenvalue weighted by atomic mass is 35.5. The molecule has 2 N–H and O–H groups in total. The molecule has 5 heteroatoms. The Morgan fingerprint density at radius 2 is 1.74 bits per heavy atom. The lowest BCUT2D eigenvalue weighted by atomic mass is 9.75. The summed E-state index contributed by atoms with van der Waals surface area (Å²) in [6.45, 7) is 8.76. The molecule has 0 atom stereocenters. The van der Waals surface area contributed by atoms with Crippen LogP contribution in [-0.2, 0) is 15.7 Å². The molecule has 1 aromatic carbocycles. The van der Waals surface area contributed by atoms with E-state index in [2.05, 4.69) is 0 Å². The third-order valence-electron chi connectivity index (χ3n) is 4.03. The Labute approximate surface area is 120 Å². The maximum absolute atomic E-state index is 6.07. The summed E-state index contributed by atoms with van der Waals surface area (Å²) in [6.07, 6.45) is 0.764. The zero-order chi connectivity index (χ0) is 14.3. The van der Waals surface area contributed by atoms with Gasteiger partial charge in [-0.3, -0.25) is 0 Å². The quantitative estimate of drug-likeness (QED) is 0.864. The van der Waals surface area contributed by atoms with Gasteiger partial charge in [0.25, 0.3) is 0 Å². The Bertz CT molecular complexity index is 461. The normalized spacial score (nSPS) is 20.8. The van der Waals surface area contributed by atoms with Crippen LogP contribution in [0.2, 0.25) is 5.02 Å². The fourth-order valence-corrected chi connectivity index (χ4v) is 2.34. The zero-order valence-electron chi connectivity index (χ0n) is 12.0. The molecule has 1 aliphatic heterocycles. The van der Waals surface area contributed by atoms with Gasteiger partial charge in [-0.1, -0.05) is 17.7 Å². The molecule has 1 saturated heterocycles. The average Bonchev–Trinajstić information content (AvgIpc) is 2.48. The summed E-state index contributed by atoms with van der Waals surface area (Å²) in [7, 11) is -0.358. The minimum absolute atomic E-state index is 0.336. The van der Waals surface area contributed by atoms with Gasteiger partial charge < -0.3 is 15.0 Å². The van der Waals surface area contributed by atoms with Gasteiger partial charge in [0, 0.05) is 5.02 Å². The van der Waals surface area contributed by atoms with Crippen LogP contribution in [0.5, 0.6) is 0 Å². The highest BCUT2D eigenvalue weighted by Gasteiger charge is 2.52. The highest BCUT2D eigenvalue weighted by molar-refractivity contribution is 6.62. The highest BCUT2D eigenvalue weighted by Crippen LogP contribution is 2.36. The predicted octanol–water partition coefficient (Wildman–Crippen LogP) is 2.14. The standard InChI is InChI=1S/C14H21BClNO2/c1-13(2)14(3,4)19-15(18-13)12-6-5-11(16)9-10(12)7-8-17/h5-6,9H,7-8,17H2,1-4H3. The van der Waals surface area contributed by atoms with Crippen LogP contribution in [0.25, 0.3) is 0 Å². The van der Waals surface area contributed by atoms with Gasteiger partial charge >= 0.3 is 7.12 Å². The first kappa shape index (κ1) is 14.9. The molecular weight excluding hydrogens is 260 g/mol. The molecule has 0 aliphatic carbocycles. The molecule has 0 radical (unpaired) electrons. The zero-order valence-corrected chi connectivity index (χ0v) is 12.8. The summed E-state index contributed by atoms with van der Waals surface area (Å²) in [5, 5.41) is 0.712. The van der Waals surface area contributed by atoms with Crippen molar-refractivity contribution in [2.45, 2.75) is 45.3 Å². The first-order valence-corrected chi connectivity index (χ1v) is 6.99. The minimum atomic E-state index is -0.358. The van der Waals surface area contributed by atoms with E-state index < -0.39 is 0 Å². The Kier molecular flexibility index (Phi) is 3.98. The van der Waals surface area contributed by atoms with Crippen molar-refractivity contribution in [3.8, 4) is 0 Å². The molecule has 1 heterocycles. The van der Waals surface area contributed by atoms with Crippen molar-refractivity contribution in [3.63, 3.8) is 0 Å². The lowest BCUT2D eigenvalue weighted by Crippen LogP contribution is -2.41. The number of rotatable bonds is 3. The van der Waals surface area contributed by atoms with Gasteiger partial charge in [-0.15, -0.1) is 0 Å². The molecule has 0 spiro atoms. The molecular formula is C14H21BClNO2. The van der Waals surface area contributed by atoms with Crippen molar-refractivity contribution in [1.82, 2.24) is 0 Å². The lowest BCUT2D eigenvalue weighted by molar-refractivity contribution is 0.00578. The van der Waals surface area contributed by atoms with Crippen molar-refractivity contribution in [2.75, 3.05) is 6.54 Å². The molecule has 104 valence electrons. The molecule has 0 bridgehead atoms. The van der Waals surface area contributed by atoms with Gasteiger partial charge in [0.05, 0.1) is 11.2 Å². The minimum Gasteiger partial charge on any atom is -0.399 e. The van der Waals surface area contributed by atoms with Gasteiger partial charge in [-0.2, -0.15) is 0 Å². The third kappa shape index (κ3) is 2.82. The molecule has 0 unspecified atom stereocenters. The van der Waals surface area contributed by atoms with E-state index in [0.717, 1.165) is 17.4 Å². The van der Waals surface area contributed by atoms with Crippen LogP contribution < -0.4 is 11.2 Å². The molecule has 0 saturated carbocycles. The van der Waals surface area contributed by atoms with Crippen LogP contribution in [0.3, 0.4) is 0 Å². The molecule has 1 fully saturated rings. The summed E-state index contributed by atoms with van der Waals surface area (Å²) in [5.74, 6) is 0. The number of hydrogen-bond acceptors (Lipinski definition) is 3. The van der Waals surface area contributed by atoms with Crippen molar-refractivity contribution < 1.29 is 9.31 Å². The number of nitrogens with two attached hydrogens (primary N) is 1. The fourth-order valence-electron chi connectivity index (χ4n) is 2.15. The lowest BCUT2D eigenvalue weighted by Gasteiger charge is -2.32. The van der Waals surface area contributed by atoms with Gasteiger partial charge in [-0.05, 0) is 63.8 Å². The second-order valence-electron chi connectivity index (χ2n) is 5.97. The summed E-state index contributed by atoms with van der Waals surface area (Å²) in [4.78, 5) is 0. The third-order valence-corrected chi connectivity index (χ3v) is 4.26. The molecule has 2 rings (SSSR count). The van der Waals surface area contributed by atoms with E-state index in [1.807, 2.05) is 45.9 Å². The van der Waals surface area contributed by atoms with E-state index in [9.17, 15) is 0 Å². The molecule has 1 aliphatic rings. The van der Waals surface area contributed by atoms with Crippen LogP contribution in [0, 0.1) is 0 Å². The Balaban J connectivity index is 2.34. The van der Waals surface area contributed by atoms with E-state index in [4.69, 9.17) is 26.6 Å². The van der Waals surface area contributed by atoms with Crippen molar-refractivity contribution >= 4 is 24.2 Å². The second-order valence-corrected chi connectivity index (χ2v) is 6.41. The van der Waals surface area contributed by atoms with Gasteiger partial charge in [0.2, 0.25) is 0 Å². The Hall–Kier alpha value is -0.545. The van der Waals surface area contributed by atoms with Gasteiger partial charge in [-0.25, -0.2) is 0 Å². The first-order chi connectivity index (χ1) is 8.77. The Morgan fingerprint density at radius 1 is 1.16 bits per heavy atom. The summed E-state index contributed by atoms with van der Waals surface area (Å²) >= 11 is 6.05. The van der Waals surface area contributed by atoms with Crippen LogP contribution in [0.15, 0.2) is 18.2 Å². The van der Waals surface area contributed by atoms with Gasteiger partial charge in [0.15, 0.2) is 0 Å². The van der Waals surface area contributed by atoms with E-state index in [0.29, 0.717) is 11.6 Å². The largest absolute Gasteiger partial charge is 0.495 e. The molecule has 1 aromatic rings. The average molecular weight is 282 g/mol. The molecule has 0 aromatic heterocycles. The number of benzene rings is 1. The van der Waals surface area contributed by atoms with E-state index in [-0.39, 0.29) is 18.3 Å². The second kappa shape index (κ2) is 5.10. The topological polar surface area (TPSA) is 44.5 Å². The number of hydrogen-bond donors (Lipinski definition) is 1. The predicted molar refractivity (Wildman–Crippen MR) is 79.9 cm³/mol.